The van der Waals surface area contributed by atoms with E-state index in [1.165, 1.54) is 0 Å². The third-order valence-corrected chi connectivity index (χ3v) is 1.48. The molecule has 6 nitrogen and oxygen atoms in total. The predicted octanol–water partition coefficient (Wildman–Crippen LogP) is 0.0267. The van der Waals surface area contributed by atoms with Crippen LogP contribution in [0.4, 0.5) is 0 Å². The van der Waals surface area contributed by atoms with Gasteiger partial charge in [-0.2, -0.15) is 0 Å². The van der Waals surface area contributed by atoms with Crippen LogP contribution in [0.15, 0.2) is 0 Å². The van der Waals surface area contributed by atoms with Crippen molar-refractivity contribution < 1.29 is 29.7 Å². The number of aliphatic carboxylic acids is 3. The average molecular weight is 190 g/mol. The molecule has 0 fully saturated rings. The molecular formula is C7H10O6. The summed E-state index contributed by atoms with van der Waals surface area (Å²) in [5.41, 5.74) is 0. The van der Waals surface area contributed by atoms with E-state index in [4.69, 9.17) is 15.3 Å². The molecule has 0 heterocycles. The first kappa shape index (κ1) is 11.4. The standard InChI is InChI=1S/C7H10O6/c8-5(9)2-1-4(7(12)13)3-6(10)11/h4H,1-3H2,(H,8,9)(H,10,11)(H,12,13)/t4-/m1/s1. The van der Waals surface area contributed by atoms with E-state index in [-0.39, 0.29) is 12.8 Å². The zero-order chi connectivity index (χ0) is 10.4. The highest BCUT2D eigenvalue weighted by molar-refractivity contribution is 5.78. The van der Waals surface area contributed by atoms with E-state index in [0.29, 0.717) is 0 Å². The molecule has 0 rings (SSSR count). The summed E-state index contributed by atoms with van der Waals surface area (Å²) in [6.45, 7) is 0. The molecule has 0 aromatic rings. The van der Waals surface area contributed by atoms with Gasteiger partial charge in [0.15, 0.2) is 0 Å². The van der Waals surface area contributed by atoms with E-state index < -0.39 is 30.2 Å². The van der Waals surface area contributed by atoms with E-state index in [1.54, 1.807) is 0 Å². The molecule has 0 aromatic carbocycles. The maximum Gasteiger partial charge on any atom is 0.307 e. The summed E-state index contributed by atoms with van der Waals surface area (Å²) in [4.78, 5) is 30.6. The molecule has 0 aliphatic rings. The number of carbonyl (C=O) groups is 3. The van der Waals surface area contributed by atoms with Gasteiger partial charge in [0.2, 0.25) is 0 Å². The number of rotatable bonds is 6. The van der Waals surface area contributed by atoms with Gasteiger partial charge in [-0.3, -0.25) is 14.4 Å². The normalized spacial score (nSPS) is 12.0. The lowest BCUT2D eigenvalue weighted by molar-refractivity contribution is -0.149. The highest BCUT2D eigenvalue weighted by Gasteiger charge is 2.21. The molecule has 0 bridgehead atoms. The molecule has 0 unspecified atom stereocenters. The van der Waals surface area contributed by atoms with Crippen LogP contribution in [-0.2, 0) is 14.4 Å². The second-order valence-corrected chi connectivity index (χ2v) is 2.57. The third kappa shape index (κ3) is 5.66. The SMILES string of the molecule is O=C(O)CC[C@H](CC(=O)O)C(=O)O. The molecule has 0 saturated carbocycles. The zero-order valence-corrected chi connectivity index (χ0v) is 6.77. The number of carboxylic acids is 3. The van der Waals surface area contributed by atoms with E-state index in [2.05, 4.69) is 0 Å². The largest absolute Gasteiger partial charge is 0.481 e. The molecule has 0 amide bonds. The third-order valence-electron chi connectivity index (χ3n) is 1.48. The van der Waals surface area contributed by atoms with Crippen molar-refractivity contribution >= 4 is 17.9 Å². The highest BCUT2D eigenvalue weighted by Crippen LogP contribution is 2.11. The Morgan fingerprint density at radius 2 is 1.54 bits per heavy atom. The Morgan fingerprint density at radius 3 is 1.85 bits per heavy atom. The van der Waals surface area contributed by atoms with Crippen LogP contribution in [0, 0.1) is 5.92 Å². The molecule has 6 heteroatoms. The molecule has 0 aliphatic carbocycles. The van der Waals surface area contributed by atoms with Gasteiger partial charge < -0.3 is 15.3 Å². The van der Waals surface area contributed by atoms with Crippen LogP contribution in [0.3, 0.4) is 0 Å². The lowest BCUT2D eigenvalue weighted by Gasteiger charge is -2.06. The van der Waals surface area contributed by atoms with E-state index in [0.717, 1.165) is 0 Å². The van der Waals surface area contributed by atoms with E-state index in [1.807, 2.05) is 0 Å². The lowest BCUT2D eigenvalue weighted by Crippen LogP contribution is -2.18. The minimum atomic E-state index is -1.27. The Kier molecular flexibility index (Phi) is 4.50. The molecule has 0 radical (unpaired) electrons. The van der Waals surface area contributed by atoms with Crippen molar-refractivity contribution in [2.24, 2.45) is 5.92 Å². The molecule has 0 spiro atoms. The van der Waals surface area contributed by atoms with Crippen molar-refractivity contribution in [1.82, 2.24) is 0 Å². The maximum absolute atomic E-state index is 10.4. The van der Waals surface area contributed by atoms with Gasteiger partial charge in [-0.1, -0.05) is 0 Å². The van der Waals surface area contributed by atoms with Gasteiger partial charge in [-0.25, -0.2) is 0 Å². The van der Waals surface area contributed by atoms with Crippen molar-refractivity contribution in [1.29, 1.82) is 0 Å². The smallest absolute Gasteiger partial charge is 0.307 e. The molecule has 13 heavy (non-hydrogen) atoms. The van der Waals surface area contributed by atoms with Crippen LogP contribution in [-0.4, -0.2) is 33.2 Å². The fraction of sp³-hybridized carbons (Fsp3) is 0.571. The van der Waals surface area contributed by atoms with Crippen LogP contribution >= 0.6 is 0 Å². The van der Waals surface area contributed by atoms with Crippen LogP contribution in [0.25, 0.3) is 0 Å². The first-order valence-electron chi connectivity index (χ1n) is 3.60. The second kappa shape index (κ2) is 5.13. The minimum Gasteiger partial charge on any atom is -0.481 e. The quantitative estimate of drug-likeness (QED) is 0.544. The van der Waals surface area contributed by atoms with Crippen molar-refractivity contribution in [3.8, 4) is 0 Å². The molecule has 0 aliphatic heterocycles. The number of hydrogen-bond acceptors (Lipinski definition) is 3. The summed E-state index contributed by atoms with van der Waals surface area (Å²) in [5, 5.41) is 25.0. The average Bonchev–Trinajstić information content (AvgIpc) is 1.96. The van der Waals surface area contributed by atoms with Crippen LogP contribution in [0.2, 0.25) is 0 Å². The molecular weight excluding hydrogens is 180 g/mol. The van der Waals surface area contributed by atoms with Gasteiger partial charge in [-0.15, -0.1) is 0 Å². The second-order valence-electron chi connectivity index (χ2n) is 2.57. The monoisotopic (exact) mass is 190 g/mol. The topological polar surface area (TPSA) is 112 Å². The number of hydrogen-bond donors (Lipinski definition) is 3. The predicted molar refractivity (Wildman–Crippen MR) is 40.2 cm³/mol. The first-order chi connectivity index (χ1) is 5.93. The Balaban J connectivity index is 4.02. The van der Waals surface area contributed by atoms with Crippen LogP contribution in [0.1, 0.15) is 19.3 Å². The van der Waals surface area contributed by atoms with E-state index >= 15 is 0 Å². The lowest BCUT2D eigenvalue weighted by atomic mass is 10.00. The summed E-state index contributed by atoms with van der Waals surface area (Å²) in [6.07, 6.45) is -1.02. The summed E-state index contributed by atoms with van der Waals surface area (Å²) >= 11 is 0. The summed E-state index contributed by atoms with van der Waals surface area (Å²) < 4.78 is 0. The fourth-order valence-corrected chi connectivity index (χ4v) is 0.821. The fourth-order valence-electron chi connectivity index (χ4n) is 0.821. The van der Waals surface area contributed by atoms with Crippen LogP contribution < -0.4 is 0 Å². The van der Waals surface area contributed by atoms with Gasteiger partial charge in [0, 0.05) is 6.42 Å². The van der Waals surface area contributed by atoms with Gasteiger partial charge in [0.1, 0.15) is 0 Å². The first-order valence-corrected chi connectivity index (χ1v) is 3.60. The van der Waals surface area contributed by atoms with Gasteiger partial charge in [0.05, 0.1) is 12.3 Å². The van der Waals surface area contributed by atoms with Crippen molar-refractivity contribution in [3.63, 3.8) is 0 Å². The van der Waals surface area contributed by atoms with E-state index in [9.17, 15) is 14.4 Å². The van der Waals surface area contributed by atoms with Crippen molar-refractivity contribution in [2.45, 2.75) is 19.3 Å². The Labute approximate surface area is 73.8 Å². The Hall–Kier alpha value is -1.59. The Morgan fingerprint density at radius 1 is 1.00 bits per heavy atom. The summed E-state index contributed by atoms with van der Waals surface area (Å²) in [6, 6.07) is 0. The number of carboxylic acid groups (broad SMARTS) is 3. The highest BCUT2D eigenvalue weighted by atomic mass is 16.4. The Bertz CT molecular complexity index is 221. The van der Waals surface area contributed by atoms with Crippen molar-refractivity contribution in [2.75, 3.05) is 0 Å². The van der Waals surface area contributed by atoms with Crippen molar-refractivity contribution in [3.05, 3.63) is 0 Å². The minimum absolute atomic E-state index is 0.156. The van der Waals surface area contributed by atoms with Gasteiger partial charge >= 0.3 is 17.9 Å². The molecule has 1 atom stereocenters. The molecule has 3 N–H and O–H groups in total. The zero-order valence-electron chi connectivity index (χ0n) is 6.77. The molecule has 0 aromatic heterocycles. The van der Waals surface area contributed by atoms with Gasteiger partial charge in [0.25, 0.3) is 0 Å². The van der Waals surface area contributed by atoms with Gasteiger partial charge in [-0.05, 0) is 6.42 Å². The van der Waals surface area contributed by atoms with Crippen LogP contribution in [0.5, 0.6) is 0 Å². The molecule has 0 saturated heterocycles. The summed E-state index contributed by atoms with van der Waals surface area (Å²) in [7, 11) is 0. The summed E-state index contributed by atoms with van der Waals surface area (Å²) in [5.74, 6) is -4.76. The molecule has 74 valence electrons. The maximum atomic E-state index is 10.4.